The molecule has 0 aromatic heterocycles. The van der Waals surface area contributed by atoms with Crippen LogP contribution in [0.4, 0.5) is 0 Å². The Hall–Kier alpha value is -1.85. The normalized spacial score (nSPS) is 12.0. The Balaban J connectivity index is 4.21. The maximum Gasteiger partial charge on any atom is 0.306 e. The maximum atomic E-state index is 12.9. The van der Waals surface area contributed by atoms with E-state index in [1.165, 1.54) is 276 Å². The molecular weight excluding hydrogens is 889 g/mol. The van der Waals surface area contributed by atoms with Gasteiger partial charge < -0.3 is 14.2 Å². The largest absolute Gasteiger partial charge is 0.462 e. The first kappa shape index (κ1) is 70.1. The first-order chi connectivity index (χ1) is 35.5. The van der Waals surface area contributed by atoms with Crippen LogP contribution in [0.3, 0.4) is 0 Å². The average Bonchev–Trinajstić information content (AvgIpc) is 3.38. The molecule has 0 saturated carbocycles. The number of allylic oxidation sites excluding steroid dienone is 2. The van der Waals surface area contributed by atoms with Crippen molar-refractivity contribution in [3.63, 3.8) is 0 Å². The molecule has 0 aliphatic rings. The topological polar surface area (TPSA) is 78.9 Å². The minimum atomic E-state index is -0.764. The molecule has 0 aliphatic carbocycles. The van der Waals surface area contributed by atoms with Crippen LogP contribution in [0.15, 0.2) is 12.2 Å². The molecule has 0 rings (SSSR count). The zero-order valence-electron chi connectivity index (χ0n) is 49.0. The van der Waals surface area contributed by atoms with E-state index in [2.05, 4.69) is 32.9 Å². The zero-order chi connectivity index (χ0) is 52.2. The van der Waals surface area contributed by atoms with Crippen molar-refractivity contribution in [3.8, 4) is 0 Å². The lowest BCUT2D eigenvalue weighted by Crippen LogP contribution is -2.30. The second-order valence-corrected chi connectivity index (χ2v) is 22.4. The van der Waals surface area contributed by atoms with E-state index in [1.807, 2.05) is 0 Å². The molecule has 0 aromatic rings. The van der Waals surface area contributed by atoms with Gasteiger partial charge in [0.2, 0.25) is 0 Å². The second kappa shape index (κ2) is 61.7. The van der Waals surface area contributed by atoms with Crippen LogP contribution in [0.5, 0.6) is 0 Å². The van der Waals surface area contributed by atoms with Crippen LogP contribution in [0.25, 0.3) is 0 Å². The van der Waals surface area contributed by atoms with Crippen molar-refractivity contribution in [3.05, 3.63) is 12.2 Å². The van der Waals surface area contributed by atoms with Crippen molar-refractivity contribution in [1.82, 2.24) is 0 Å². The molecule has 0 radical (unpaired) electrons. The van der Waals surface area contributed by atoms with E-state index >= 15 is 0 Å². The molecule has 0 fully saturated rings. The zero-order valence-corrected chi connectivity index (χ0v) is 49.0. The second-order valence-electron chi connectivity index (χ2n) is 22.4. The number of esters is 3. The van der Waals surface area contributed by atoms with E-state index in [1.54, 1.807) is 0 Å². The summed E-state index contributed by atoms with van der Waals surface area (Å²) in [6, 6.07) is 0. The van der Waals surface area contributed by atoms with Crippen LogP contribution in [0, 0.1) is 0 Å². The van der Waals surface area contributed by atoms with Crippen molar-refractivity contribution in [2.24, 2.45) is 0 Å². The summed E-state index contributed by atoms with van der Waals surface area (Å²) in [7, 11) is 0. The average molecular weight is 1020 g/mol. The van der Waals surface area contributed by atoms with Crippen LogP contribution in [-0.4, -0.2) is 37.2 Å². The Morgan fingerprint density at radius 3 is 0.694 bits per heavy atom. The molecule has 426 valence electrons. The van der Waals surface area contributed by atoms with Crippen LogP contribution in [0.1, 0.15) is 374 Å². The van der Waals surface area contributed by atoms with E-state index in [0.29, 0.717) is 19.3 Å². The molecule has 6 nitrogen and oxygen atoms in total. The van der Waals surface area contributed by atoms with Gasteiger partial charge in [-0.2, -0.15) is 0 Å². The Labute approximate surface area is 450 Å². The van der Waals surface area contributed by atoms with Gasteiger partial charge in [-0.3, -0.25) is 14.4 Å². The first-order valence-electron chi connectivity index (χ1n) is 32.7. The van der Waals surface area contributed by atoms with Crippen molar-refractivity contribution < 1.29 is 28.6 Å². The van der Waals surface area contributed by atoms with Gasteiger partial charge in [0.05, 0.1) is 0 Å². The monoisotopic (exact) mass is 1010 g/mol. The third-order valence-electron chi connectivity index (χ3n) is 15.0. The Morgan fingerprint density at radius 1 is 0.264 bits per heavy atom. The predicted octanol–water partition coefficient (Wildman–Crippen LogP) is 22.1. The lowest BCUT2D eigenvalue weighted by Gasteiger charge is -2.18. The summed E-state index contributed by atoms with van der Waals surface area (Å²) >= 11 is 0. The quantitative estimate of drug-likeness (QED) is 0.0261. The van der Waals surface area contributed by atoms with Gasteiger partial charge in [-0.15, -0.1) is 0 Å². The van der Waals surface area contributed by atoms with Crippen LogP contribution >= 0.6 is 0 Å². The Morgan fingerprint density at radius 2 is 0.458 bits per heavy atom. The van der Waals surface area contributed by atoms with Crippen molar-refractivity contribution >= 4 is 17.9 Å². The Bertz CT molecular complexity index is 1120. The molecule has 0 N–H and O–H groups in total. The van der Waals surface area contributed by atoms with Gasteiger partial charge in [-0.1, -0.05) is 322 Å². The van der Waals surface area contributed by atoms with E-state index < -0.39 is 6.10 Å². The molecule has 0 aromatic carbocycles. The standard InChI is InChI=1S/C66H126O6/c1-4-7-10-13-16-19-22-25-28-29-30-31-32-33-34-35-36-37-39-41-44-47-50-53-56-59-65(68)71-62-63(61-70-64(67)58-55-52-49-46-43-40-27-24-21-18-15-12-9-6-3)72-66(69)60-57-54-51-48-45-42-38-26-23-20-17-14-11-8-5-2/h29-30,63H,4-28,31-62H2,1-3H3/b30-29-. The molecule has 0 aliphatic heterocycles. The summed E-state index contributed by atoms with van der Waals surface area (Å²) in [5, 5.41) is 0. The summed E-state index contributed by atoms with van der Waals surface area (Å²) in [5.74, 6) is -0.832. The van der Waals surface area contributed by atoms with Gasteiger partial charge in [0.1, 0.15) is 13.2 Å². The lowest BCUT2D eigenvalue weighted by molar-refractivity contribution is -0.167. The van der Waals surface area contributed by atoms with Crippen LogP contribution in [0.2, 0.25) is 0 Å². The number of rotatable bonds is 61. The smallest absolute Gasteiger partial charge is 0.306 e. The number of ether oxygens (including phenoxy) is 3. The van der Waals surface area contributed by atoms with Crippen molar-refractivity contribution in [1.29, 1.82) is 0 Å². The maximum absolute atomic E-state index is 12.9. The van der Waals surface area contributed by atoms with E-state index in [9.17, 15) is 14.4 Å². The molecule has 0 amide bonds. The fourth-order valence-electron chi connectivity index (χ4n) is 10.1. The third kappa shape index (κ3) is 59.0. The number of carbonyl (C=O) groups is 3. The number of hydrogen-bond acceptors (Lipinski definition) is 6. The van der Waals surface area contributed by atoms with Gasteiger partial charge in [0, 0.05) is 19.3 Å². The third-order valence-corrected chi connectivity index (χ3v) is 15.0. The van der Waals surface area contributed by atoms with Crippen LogP contribution in [-0.2, 0) is 28.6 Å². The molecule has 0 bridgehead atoms. The predicted molar refractivity (Wildman–Crippen MR) is 312 cm³/mol. The molecule has 72 heavy (non-hydrogen) atoms. The summed E-state index contributed by atoms with van der Waals surface area (Å²) in [6.45, 7) is 6.71. The van der Waals surface area contributed by atoms with Gasteiger partial charge >= 0.3 is 17.9 Å². The molecule has 0 spiro atoms. The molecule has 6 heteroatoms. The Kier molecular flexibility index (Phi) is 60.1. The first-order valence-corrected chi connectivity index (χ1v) is 32.7. The minimum Gasteiger partial charge on any atom is -0.462 e. The summed E-state index contributed by atoms with van der Waals surface area (Å²) in [6.07, 6.45) is 72.2. The summed E-state index contributed by atoms with van der Waals surface area (Å²) in [4.78, 5) is 38.3. The highest BCUT2D eigenvalue weighted by atomic mass is 16.6. The van der Waals surface area contributed by atoms with Gasteiger partial charge in [-0.25, -0.2) is 0 Å². The minimum absolute atomic E-state index is 0.0629. The lowest BCUT2D eigenvalue weighted by atomic mass is 10.0. The number of carbonyl (C=O) groups excluding carboxylic acids is 3. The molecule has 1 atom stereocenters. The van der Waals surface area contributed by atoms with Gasteiger partial charge in [0.25, 0.3) is 0 Å². The summed E-state index contributed by atoms with van der Waals surface area (Å²) < 4.78 is 16.9. The van der Waals surface area contributed by atoms with Crippen molar-refractivity contribution in [2.75, 3.05) is 13.2 Å². The van der Waals surface area contributed by atoms with Crippen LogP contribution < -0.4 is 0 Å². The highest BCUT2D eigenvalue weighted by molar-refractivity contribution is 5.71. The number of unbranched alkanes of at least 4 members (excludes halogenated alkanes) is 48. The molecular formula is C66H126O6. The van der Waals surface area contributed by atoms with E-state index in [-0.39, 0.29) is 31.1 Å². The van der Waals surface area contributed by atoms with Gasteiger partial charge in [-0.05, 0) is 44.9 Å². The molecule has 1 unspecified atom stereocenters. The fourth-order valence-corrected chi connectivity index (χ4v) is 10.1. The van der Waals surface area contributed by atoms with E-state index in [4.69, 9.17) is 14.2 Å². The number of hydrogen-bond donors (Lipinski definition) is 0. The fraction of sp³-hybridized carbons (Fsp3) is 0.924. The summed E-state index contributed by atoms with van der Waals surface area (Å²) in [5.41, 5.74) is 0. The molecule has 0 heterocycles. The van der Waals surface area contributed by atoms with E-state index in [0.717, 1.165) is 57.8 Å². The SMILES string of the molecule is CCCCCCCCCC/C=C\CCCCCCCCCCCCCCCC(=O)OCC(COC(=O)CCCCCCCCCCCCCCCC)OC(=O)CCCCCCCCCCCCCCCCC. The van der Waals surface area contributed by atoms with Crippen molar-refractivity contribution in [2.45, 2.75) is 380 Å². The highest BCUT2D eigenvalue weighted by Gasteiger charge is 2.19. The van der Waals surface area contributed by atoms with Gasteiger partial charge in [0.15, 0.2) is 6.10 Å². The highest BCUT2D eigenvalue weighted by Crippen LogP contribution is 2.18. The molecule has 0 saturated heterocycles.